The Hall–Kier alpha value is -1.14. The highest BCUT2D eigenvalue weighted by Crippen LogP contribution is 2.23. The largest absolute Gasteiger partial charge is 0.466 e. The van der Waals surface area contributed by atoms with Crippen LogP contribution < -0.4 is 0 Å². The molecule has 0 N–H and O–H groups in total. The summed E-state index contributed by atoms with van der Waals surface area (Å²) >= 11 is 0. The van der Waals surface area contributed by atoms with Gasteiger partial charge in [0.2, 0.25) is 0 Å². The van der Waals surface area contributed by atoms with Crippen LogP contribution in [0.2, 0.25) is 0 Å². The number of rotatable bonds is 43. The smallest absolute Gasteiger partial charge is 0.306 e. The Morgan fingerprint density at radius 2 is 0.764 bits per heavy atom. The molecule has 6 heteroatoms. The molecule has 0 saturated carbocycles. The molecule has 0 aromatic heterocycles. The average Bonchev–Trinajstić information content (AvgIpc) is 3.16. The molecule has 0 fully saturated rings. The molecule has 0 radical (unpaired) electrons. The number of carbonyl (C=O) groups is 2. The maximum Gasteiger partial charge on any atom is 0.306 e. The molecule has 328 valence electrons. The predicted molar refractivity (Wildman–Crippen MR) is 237 cm³/mol. The summed E-state index contributed by atoms with van der Waals surface area (Å²) in [6.07, 6.45) is 37.8. The molecule has 0 aliphatic heterocycles. The van der Waals surface area contributed by atoms with E-state index in [2.05, 4.69) is 53.5 Å². The molecule has 0 aromatic rings. The number of ether oxygens (including phenoxy) is 3. The van der Waals surface area contributed by atoms with Crippen molar-refractivity contribution in [2.24, 2.45) is 11.8 Å². The number of hydrogen-bond donors (Lipinski definition) is 0. The van der Waals surface area contributed by atoms with Gasteiger partial charge in [-0.25, -0.2) is 0 Å². The number of carbonyl (C=O) groups excluding carboxylic acids is 2. The molecule has 0 amide bonds. The first-order chi connectivity index (χ1) is 26.8. The molecule has 6 nitrogen and oxygen atoms in total. The van der Waals surface area contributed by atoms with Crippen LogP contribution in [0.1, 0.15) is 247 Å². The normalized spacial score (nSPS) is 11.9. The lowest BCUT2D eigenvalue weighted by Gasteiger charge is -2.23. The van der Waals surface area contributed by atoms with E-state index in [-0.39, 0.29) is 11.9 Å². The molecule has 55 heavy (non-hydrogen) atoms. The van der Waals surface area contributed by atoms with Gasteiger partial charge in [0.15, 0.2) is 0 Å². The van der Waals surface area contributed by atoms with E-state index < -0.39 is 0 Å². The van der Waals surface area contributed by atoms with Crippen LogP contribution in [0.3, 0.4) is 0 Å². The minimum atomic E-state index is 0.0241. The second-order valence-corrected chi connectivity index (χ2v) is 17.5. The quantitative estimate of drug-likeness (QED) is 0.0454. The topological polar surface area (TPSA) is 65.1 Å². The van der Waals surface area contributed by atoms with Crippen LogP contribution in [0.5, 0.6) is 0 Å². The summed E-state index contributed by atoms with van der Waals surface area (Å²) in [6, 6.07) is 0.542. The van der Waals surface area contributed by atoms with Crippen molar-refractivity contribution >= 4 is 11.9 Å². The summed E-state index contributed by atoms with van der Waals surface area (Å²) in [7, 11) is 2.19. The second kappa shape index (κ2) is 41.0. The fraction of sp³-hybridized carbons (Fsp3) is 0.959. The molecule has 0 heterocycles. The van der Waals surface area contributed by atoms with Crippen LogP contribution in [-0.4, -0.2) is 62.4 Å². The number of nitrogens with zero attached hydrogens (tertiary/aromatic N) is 1. The third kappa shape index (κ3) is 36.9. The maximum absolute atomic E-state index is 12.5. The summed E-state index contributed by atoms with van der Waals surface area (Å²) in [5, 5.41) is 0. The minimum Gasteiger partial charge on any atom is -0.466 e. The van der Waals surface area contributed by atoms with Crippen molar-refractivity contribution in [3.63, 3.8) is 0 Å². The fourth-order valence-corrected chi connectivity index (χ4v) is 7.69. The first kappa shape index (κ1) is 53.9. The highest BCUT2D eigenvalue weighted by molar-refractivity contribution is 5.70. The van der Waals surface area contributed by atoms with E-state index >= 15 is 0 Å². The van der Waals surface area contributed by atoms with Crippen LogP contribution >= 0.6 is 0 Å². The number of likely N-dealkylation sites (N-methyl/N-ethyl adjacent to an activating group) is 1. The molecule has 0 saturated heterocycles. The van der Waals surface area contributed by atoms with Gasteiger partial charge in [-0.05, 0) is 84.1 Å². The van der Waals surface area contributed by atoms with Gasteiger partial charge in [-0.1, -0.05) is 169 Å². The Bertz CT molecular complexity index is 743. The van der Waals surface area contributed by atoms with Crippen LogP contribution in [-0.2, 0) is 23.8 Å². The van der Waals surface area contributed by atoms with Crippen molar-refractivity contribution < 1.29 is 23.8 Å². The first-order valence-corrected chi connectivity index (χ1v) is 24.4. The summed E-state index contributed by atoms with van der Waals surface area (Å²) in [5.74, 6) is 1.06. The van der Waals surface area contributed by atoms with Crippen molar-refractivity contribution in [1.29, 1.82) is 0 Å². The Morgan fingerprint density at radius 1 is 0.436 bits per heavy atom. The summed E-state index contributed by atoms with van der Waals surface area (Å²) < 4.78 is 17.8. The zero-order chi connectivity index (χ0) is 40.6. The lowest BCUT2D eigenvalue weighted by atomic mass is 9.92. The van der Waals surface area contributed by atoms with E-state index in [4.69, 9.17) is 14.2 Å². The third-order valence-corrected chi connectivity index (χ3v) is 11.8. The van der Waals surface area contributed by atoms with Crippen molar-refractivity contribution in [2.45, 2.75) is 259 Å². The van der Waals surface area contributed by atoms with Gasteiger partial charge in [-0.15, -0.1) is 0 Å². The minimum absolute atomic E-state index is 0.0241. The lowest BCUT2D eigenvalue weighted by molar-refractivity contribution is -0.146. The predicted octanol–water partition coefficient (Wildman–Crippen LogP) is 14.6. The number of esters is 2. The molecule has 0 bridgehead atoms. The third-order valence-electron chi connectivity index (χ3n) is 11.8. The van der Waals surface area contributed by atoms with E-state index in [9.17, 15) is 9.59 Å². The van der Waals surface area contributed by atoms with Gasteiger partial charge in [0, 0.05) is 25.4 Å². The van der Waals surface area contributed by atoms with Gasteiger partial charge in [-0.3, -0.25) is 9.59 Å². The molecular formula is C49H97NO5. The zero-order valence-corrected chi connectivity index (χ0v) is 38.3. The lowest BCUT2D eigenvalue weighted by Crippen LogP contribution is -2.31. The summed E-state index contributed by atoms with van der Waals surface area (Å²) in [6.45, 7) is 16.4. The van der Waals surface area contributed by atoms with Crippen LogP contribution in [0, 0.1) is 11.8 Å². The van der Waals surface area contributed by atoms with Crippen LogP contribution in [0.25, 0.3) is 0 Å². The van der Waals surface area contributed by atoms with Crippen molar-refractivity contribution in [3.8, 4) is 0 Å². The highest BCUT2D eigenvalue weighted by atomic mass is 16.5. The average molecular weight is 780 g/mol. The van der Waals surface area contributed by atoms with E-state index in [1.165, 1.54) is 154 Å². The molecule has 0 rings (SSSR count). The molecule has 0 aromatic carbocycles. The van der Waals surface area contributed by atoms with Gasteiger partial charge in [0.25, 0.3) is 0 Å². The van der Waals surface area contributed by atoms with Crippen molar-refractivity contribution in [1.82, 2.24) is 4.90 Å². The van der Waals surface area contributed by atoms with E-state index in [0.29, 0.717) is 50.0 Å². The SMILES string of the molecule is CCCCCC(CCCCC)CC(=O)OCCCCCCCCC(CCCCCCCCOC(=O)CC(CCCCC)CCCCC)OCCN(C)C(C)C. The molecule has 0 spiro atoms. The monoisotopic (exact) mass is 780 g/mol. The van der Waals surface area contributed by atoms with E-state index in [0.717, 1.165) is 51.7 Å². The number of unbranched alkanes of at least 4 members (excludes halogenated alkanes) is 18. The van der Waals surface area contributed by atoms with E-state index in [1.54, 1.807) is 0 Å². The van der Waals surface area contributed by atoms with Crippen molar-refractivity contribution in [3.05, 3.63) is 0 Å². The zero-order valence-electron chi connectivity index (χ0n) is 38.3. The van der Waals surface area contributed by atoms with Gasteiger partial charge in [-0.2, -0.15) is 0 Å². The molecular weight excluding hydrogens is 683 g/mol. The molecule has 0 aliphatic carbocycles. The van der Waals surface area contributed by atoms with Crippen LogP contribution in [0.15, 0.2) is 0 Å². The maximum atomic E-state index is 12.5. The highest BCUT2D eigenvalue weighted by Gasteiger charge is 2.16. The van der Waals surface area contributed by atoms with Crippen molar-refractivity contribution in [2.75, 3.05) is 33.4 Å². The van der Waals surface area contributed by atoms with Crippen LogP contribution in [0.4, 0.5) is 0 Å². The fourth-order valence-electron chi connectivity index (χ4n) is 7.69. The Kier molecular flexibility index (Phi) is 40.2. The summed E-state index contributed by atoms with van der Waals surface area (Å²) in [5.41, 5.74) is 0. The Balaban J connectivity index is 4.24. The number of hydrogen-bond acceptors (Lipinski definition) is 6. The van der Waals surface area contributed by atoms with E-state index in [1.807, 2.05) is 0 Å². The Labute approximate surface area is 344 Å². The molecule has 0 unspecified atom stereocenters. The van der Waals surface area contributed by atoms with Gasteiger partial charge >= 0.3 is 11.9 Å². The first-order valence-electron chi connectivity index (χ1n) is 24.4. The second-order valence-electron chi connectivity index (χ2n) is 17.5. The van der Waals surface area contributed by atoms with Gasteiger partial charge in [0.1, 0.15) is 0 Å². The van der Waals surface area contributed by atoms with Gasteiger partial charge in [0.05, 0.1) is 25.9 Å². The molecule has 0 atom stereocenters. The van der Waals surface area contributed by atoms with Gasteiger partial charge < -0.3 is 19.1 Å². The standard InChI is InChI=1S/C49H97NO5/c1-8-12-24-32-45(33-25-13-9-2)42-48(51)54-39-30-22-18-16-20-28-36-47(53-41-38-50(7)44(5)6)37-29-21-17-19-23-31-40-55-49(52)43-46(34-26-14-10-3)35-27-15-11-4/h44-47H,8-43H2,1-7H3. The Morgan fingerprint density at radius 3 is 1.11 bits per heavy atom. The molecule has 0 aliphatic rings. The summed E-state index contributed by atoms with van der Waals surface area (Å²) in [4.78, 5) is 27.4.